The van der Waals surface area contributed by atoms with E-state index in [1.165, 1.54) is 21.9 Å². The Kier molecular flexibility index (Phi) is 4.52. The van der Waals surface area contributed by atoms with Crippen LogP contribution in [0.25, 0.3) is 11.6 Å². The van der Waals surface area contributed by atoms with Gasteiger partial charge >= 0.3 is 0 Å². The average molecular weight is 337 g/mol. The van der Waals surface area contributed by atoms with Crippen molar-refractivity contribution in [2.24, 2.45) is 5.73 Å². The minimum Gasteiger partial charge on any atom is -0.373 e. The highest BCUT2D eigenvalue weighted by molar-refractivity contribution is 6.78. The Morgan fingerprint density at radius 3 is 2.71 bits per heavy atom. The highest BCUT2D eigenvalue weighted by atomic mass is 28.2. The van der Waals surface area contributed by atoms with Crippen LogP contribution in [0.1, 0.15) is 23.6 Å². The van der Waals surface area contributed by atoms with E-state index in [2.05, 4.69) is 44.3 Å². The number of ether oxygens (including phenoxy) is 1. The number of carbonyl (C=O) groups is 1. The number of amides is 1. The van der Waals surface area contributed by atoms with Gasteiger partial charge < -0.3 is 10.5 Å². The molecular weight excluding hydrogens is 314 g/mol. The number of rotatable bonds is 3. The fourth-order valence-electron chi connectivity index (χ4n) is 3.63. The van der Waals surface area contributed by atoms with Crippen LogP contribution in [0.2, 0.25) is 13.1 Å². The molecule has 0 saturated carbocycles. The monoisotopic (exact) mass is 337 g/mol. The van der Waals surface area contributed by atoms with Gasteiger partial charge in [0, 0.05) is 21.1 Å². The van der Waals surface area contributed by atoms with Gasteiger partial charge in [-0.05, 0) is 46.9 Å². The molecule has 3 nitrogen and oxygen atoms in total. The van der Waals surface area contributed by atoms with Crippen LogP contribution in [0.4, 0.5) is 0 Å². The van der Waals surface area contributed by atoms with E-state index in [0.29, 0.717) is 5.57 Å². The lowest BCUT2D eigenvalue weighted by Gasteiger charge is -2.27. The Morgan fingerprint density at radius 2 is 2.08 bits per heavy atom. The number of nitrogens with two attached hydrogens (primary N) is 1. The van der Waals surface area contributed by atoms with E-state index in [0.717, 1.165) is 17.6 Å². The van der Waals surface area contributed by atoms with Gasteiger partial charge in [-0.2, -0.15) is 0 Å². The number of fused-ring (bicyclic) bond motifs is 1. The molecule has 3 rings (SSSR count). The number of methoxy groups -OCH3 is 1. The lowest BCUT2D eigenvalue weighted by atomic mass is 9.86. The Bertz CT molecular complexity index is 839. The zero-order valence-corrected chi connectivity index (χ0v) is 15.6. The molecule has 124 valence electrons. The molecule has 0 aromatic heterocycles. The van der Waals surface area contributed by atoms with E-state index in [4.69, 9.17) is 10.5 Å². The van der Waals surface area contributed by atoms with Gasteiger partial charge in [-0.15, -0.1) is 0 Å². The molecule has 1 atom stereocenters. The van der Waals surface area contributed by atoms with Gasteiger partial charge in [-0.1, -0.05) is 49.0 Å². The quantitative estimate of drug-likeness (QED) is 0.862. The molecule has 4 heteroatoms. The molecule has 0 saturated heterocycles. The van der Waals surface area contributed by atoms with Crippen LogP contribution in [0.3, 0.4) is 0 Å². The summed E-state index contributed by atoms with van der Waals surface area (Å²) in [6.45, 7) is 6.60. The summed E-state index contributed by atoms with van der Waals surface area (Å²) in [6, 6.07) is 6.33. The molecule has 0 heterocycles. The van der Waals surface area contributed by atoms with Crippen molar-refractivity contribution >= 4 is 31.1 Å². The van der Waals surface area contributed by atoms with Crippen LogP contribution in [-0.4, -0.2) is 32.7 Å². The molecular formula is C20H23NO2Si. The standard InChI is InChI=1S/C20H23NO2Si/c1-12-10-13-6-5-7-14(16(13)11-12)18-15(20(21)22)8-9-17(23-2)19(18)24(3)4/h5-9,11,17H,10H2,1-4H3,(H2,21,22). The lowest BCUT2D eigenvalue weighted by Crippen LogP contribution is -2.33. The third-order valence-electron chi connectivity index (χ3n) is 4.64. The van der Waals surface area contributed by atoms with Crippen LogP contribution in [0.15, 0.2) is 41.5 Å². The summed E-state index contributed by atoms with van der Waals surface area (Å²) >= 11 is 0. The Morgan fingerprint density at radius 1 is 1.33 bits per heavy atom. The fourth-order valence-corrected chi connectivity index (χ4v) is 5.18. The van der Waals surface area contributed by atoms with Crippen molar-refractivity contribution in [1.29, 1.82) is 0 Å². The molecule has 1 aromatic carbocycles. The molecule has 1 aromatic rings. The lowest BCUT2D eigenvalue weighted by molar-refractivity contribution is -0.114. The predicted molar refractivity (Wildman–Crippen MR) is 102 cm³/mol. The van der Waals surface area contributed by atoms with E-state index in [1.54, 1.807) is 7.11 Å². The second-order valence-electron chi connectivity index (χ2n) is 6.63. The maximum Gasteiger partial charge on any atom is 0.249 e. The average Bonchev–Trinajstić information content (AvgIpc) is 2.93. The molecule has 0 spiro atoms. The fraction of sp³-hybridized carbons (Fsp3) is 0.300. The maximum absolute atomic E-state index is 12.1. The molecule has 0 aliphatic heterocycles. The van der Waals surface area contributed by atoms with Crippen LogP contribution in [-0.2, 0) is 16.0 Å². The summed E-state index contributed by atoms with van der Waals surface area (Å²) in [5.41, 5.74) is 12.3. The third kappa shape index (κ3) is 2.76. The first kappa shape index (κ1) is 16.8. The van der Waals surface area contributed by atoms with Crippen LogP contribution >= 0.6 is 0 Å². The molecule has 0 bridgehead atoms. The Hall–Kier alpha value is -2.04. The van der Waals surface area contributed by atoms with Crippen molar-refractivity contribution in [1.82, 2.24) is 0 Å². The summed E-state index contributed by atoms with van der Waals surface area (Å²) in [6.07, 6.45) is 6.88. The van der Waals surface area contributed by atoms with Crippen molar-refractivity contribution in [2.75, 3.05) is 7.11 Å². The van der Waals surface area contributed by atoms with E-state index < -0.39 is 8.41 Å². The zero-order chi connectivity index (χ0) is 17.4. The highest BCUT2D eigenvalue weighted by Gasteiger charge is 2.28. The smallest absolute Gasteiger partial charge is 0.249 e. The van der Waals surface area contributed by atoms with Crippen molar-refractivity contribution in [3.63, 3.8) is 0 Å². The van der Waals surface area contributed by atoms with Gasteiger partial charge in [0.25, 0.3) is 0 Å². The predicted octanol–water partition coefficient (Wildman–Crippen LogP) is 2.98. The molecule has 2 N–H and O–H groups in total. The van der Waals surface area contributed by atoms with Crippen LogP contribution in [0, 0.1) is 0 Å². The summed E-state index contributed by atoms with van der Waals surface area (Å²) < 4.78 is 5.69. The molecule has 0 radical (unpaired) electrons. The summed E-state index contributed by atoms with van der Waals surface area (Å²) in [7, 11) is 0.882. The molecule has 2 aliphatic carbocycles. The zero-order valence-electron chi connectivity index (χ0n) is 14.6. The van der Waals surface area contributed by atoms with E-state index in [1.807, 2.05) is 12.2 Å². The second kappa shape index (κ2) is 6.46. The first-order valence-electron chi connectivity index (χ1n) is 8.16. The number of allylic oxidation sites excluding steroid dienone is 1. The van der Waals surface area contributed by atoms with Gasteiger partial charge in [0.2, 0.25) is 5.91 Å². The Balaban J connectivity index is 2.34. The molecule has 1 unspecified atom stereocenters. The SMILES string of the molecule is COC1C=CC(C(N)=O)=C(c2cccc3c2C=C(C)C3)C1=[Si](C)C. The first-order valence-corrected chi connectivity index (χ1v) is 10.7. The minimum atomic E-state index is -0.833. The van der Waals surface area contributed by atoms with Crippen molar-refractivity contribution < 1.29 is 9.53 Å². The van der Waals surface area contributed by atoms with Crippen molar-refractivity contribution in [2.45, 2.75) is 32.5 Å². The summed E-state index contributed by atoms with van der Waals surface area (Å²) in [5.74, 6) is -0.382. The van der Waals surface area contributed by atoms with E-state index in [9.17, 15) is 4.79 Å². The molecule has 24 heavy (non-hydrogen) atoms. The number of hydrogen-bond acceptors (Lipinski definition) is 2. The van der Waals surface area contributed by atoms with Gasteiger partial charge in [0.1, 0.15) is 0 Å². The maximum atomic E-state index is 12.1. The second-order valence-corrected chi connectivity index (χ2v) is 9.17. The summed E-state index contributed by atoms with van der Waals surface area (Å²) in [5, 5.41) is 1.21. The van der Waals surface area contributed by atoms with Gasteiger partial charge in [-0.3, -0.25) is 4.79 Å². The van der Waals surface area contributed by atoms with Crippen molar-refractivity contribution in [3.8, 4) is 0 Å². The Labute approximate surface area is 144 Å². The van der Waals surface area contributed by atoms with Crippen LogP contribution in [0.5, 0.6) is 0 Å². The van der Waals surface area contributed by atoms with Crippen LogP contribution < -0.4 is 5.73 Å². The topological polar surface area (TPSA) is 52.3 Å². The largest absolute Gasteiger partial charge is 0.373 e. The number of carbonyl (C=O) groups excluding carboxylic acids is 1. The van der Waals surface area contributed by atoms with E-state index in [-0.39, 0.29) is 12.0 Å². The summed E-state index contributed by atoms with van der Waals surface area (Å²) in [4.78, 5) is 12.1. The third-order valence-corrected chi connectivity index (χ3v) is 6.26. The van der Waals surface area contributed by atoms with Gasteiger partial charge in [-0.25, -0.2) is 0 Å². The normalized spacial score (nSPS) is 19.4. The minimum absolute atomic E-state index is 0.0886. The molecule has 0 fully saturated rings. The highest BCUT2D eigenvalue weighted by Crippen LogP contribution is 2.36. The van der Waals surface area contributed by atoms with E-state index >= 15 is 0 Å². The van der Waals surface area contributed by atoms with Gasteiger partial charge in [0.05, 0.1) is 6.10 Å². The number of hydrogen-bond donors (Lipinski definition) is 1. The molecule has 2 aliphatic rings. The first-order chi connectivity index (χ1) is 11.4. The number of benzene rings is 1. The number of primary amides is 1. The van der Waals surface area contributed by atoms with Gasteiger partial charge in [0.15, 0.2) is 0 Å². The van der Waals surface area contributed by atoms with Crippen molar-refractivity contribution in [3.05, 3.63) is 58.2 Å². The molecule has 1 amide bonds.